The number of benzene rings is 2. The Balaban J connectivity index is 2.04. The molecule has 6 nitrogen and oxygen atoms in total. The summed E-state index contributed by atoms with van der Waals surface area (Å²) in [6.45, 7) is 1.26. The van der Waals surface area contributed by atoms with Crippen LogP contribution in [0.15, 0.2) is 47.4 Å². The maximum absolute atomic E-state index is 13.0. The summed E-state index contributed by atoms with van der Waals surface area (Å²) in [5.74, 6) is -5.92. The van der Waals surface area contributed by atoms with E-state index in [-0.39, 0.29) is 16.3 Å². The highest BCUT2D eigenvalue weighted by atomic mass is 35.5. The van der Waals surface area contributed by atoms with Gasteiger partial charge in [-0.25, -0.2) is 17.6 Å². The van der Waals surface area contributed by atoms with Crippen molar-refractivity contribution in [3.8, 4) is 0 Å². The van der Waals surface area contributed by atoms with Gasteiger partial charge >= 0.3 is 11.7 Å². The molecule has 2 aromatic rings. The third kappa shape index (κ3) is 5.02. The Morgan fingerprint density at radius 1 is 1.11 bits per heavy atom. The molecular weight excluding hydrogens is 423 g/mol. The van der Waals surface area contributed by atoms with Crippen LogP contribution in [0.2, 0.25) is 5.02 Å². The molecular formula is C17H13ClF3NO5S. The number of hydrogen-bond acceptors (Lipinski definition) is 5. The van der Waals surface area contributed by atoms with Crippen LogP contribution in [-0.4, -0.2) is 32.2 Å². The first-order valence-electron chi connectivity index (χ1n) is 7.61. The lowest BCUT2D eigenvalue weighted by Crippen LogP contribution is -2.30. The van der Waals surface area contributed by atoms with Gasteiger partial charge in [0.15, 0.2) is 6.10 Å². The maximum Gasteiger partial charge on any atom is 0.341 e. The number of rotatable bonds is 6. The van der Waals surface area contributed by atoms with Crippen molar-refractivity contribution in [3.63, 3.8) is 0 Å². The fourth-order valence-corrected chi connectivity index (χ4v) is 2.93. The zero-order valence-corrected chi connectivity index (χ0v) is 15.7. The van der Waals surface area contributed by atoms with Crippen LogP contribution < -0.4 is 5.32 Å². The summed E-state index contributed by atoms with van der Waals surface area (Å²) < 4.78 is 65.6. The number of alkyl halides is 2. The molecule has 0 aliphatic rings. The number of carbonyl (C=O) groups is 2. The second kappa shape index (κ2) is 8.61. The van der Waals surface area contributed by atoms with Gasteiger partial charge in [0.2, 0.25) is 9.84 Å². The van der Waals surface area contributed by atoms with Crippen molar-refractivity contribution < 1.29 is 35.9 Å². The number of ether oxygens (including phenoxy) is 1. The Morgan fingerprint density at radius 3 is 2.25 bits per heavy atom. The van der Waals surface area contributed by atoms with E-state index < -0.39 is 44.3 Å². The minimum atomic E-state index is -4.79. The van der Waals surface area contributed by atoms with Gasteiger partial charge in [-0.15, -0.1) is 0 Å². The first-order valence-corrected chi connectivity index (χ1v) is 9.54. The molecule has 0 unspecified atom stereocenters. The molecule has 0 fully saturated rings. The number of anilines is 1. The fourth-order valence-electron chi connectivity index (χ4n) is 1.99. The first-order chi connectivity index (χ1) is 13.0. The van der Waals surface area contributed by atoms with Crippen LogP contribution in [0.3, 0.4) is 0 Å². The molecule has 0 heterocycles. The number of halogens is 4. The standard InChI is InChI=1S/C17H13ClF3NO5S/c1-9(15(23)22-14-7-4-11(19)8-13(14)18)27-16(24)10-2-5-12(6-3-10)28(25,26)17(20)21/h2-9,17H,1H3,(H,22,23)/t9-/m1/s1. The molecule has 1 atom stereocenters. The number of hydrogen-bond donors (Lipinski definition) is 1. The molecule has 2 aromatic carbocycles. The second-order valence-corrected chi connectivity index (χ2v) is 7.82. The van der Waals surface area contributed by atoms with Gasteiger partial charge < -0.3 is 10.1 Å². The van der Waals surface area contributed by atoms with Gasteiger partial charge in [0.1, 0.15) is 5.82 Å². The highest BCUT2D eigenvalue weighted by molar-refractivity contribution is 7.91. The summed E-state index contributed by atoms with van der Waals surface area (Å²) in [4.78, 5) is 23.5. The molecule has 1 N–H and O–H groups in total. The maximum atomic E-state index is 13.0. The predicted molar refractivity (Wildman–Crippen MR) is 94.5 cm³/mol. The van der Waals surface area contributed by atoms with E-state index in [0.29, 0.717) is 0 Å². The van der Waals surface area contributed by atoms with Crippen LogP contribution in [0.1, 0.15) is 17.3 Å². The summed E-state index contributed by atoms with van der Waals surface area (Å²) in [5, 5.41) is 2.31. The Hall–Kier alpha value is -2.59. The molecule has 0 bridgehead atoms. The highest BCUT2D eigenvalue weighted by Gasteiger charge is 2.27. The van der Waals surface area contributed by atoms with Crippen LogP contribution in [0.5, 0.6) is 0 Å². The fraction of sp³-hybridized carbons (Fsp3) is 0.176. The van der Waals surface area contributed by atoms with Gasteiger partial charge in [0.25, 0.3) is 5.91 Å². The summed E-state index contributed by atoms with van der Waals surface area (Å²) in [5.41, 5.74) is -0.0368. The predicted octanol–water partition coefficient (Wildman–Crippen LogP) is 3.66. The molecule has 11 heteroatoms. The number of amides is 1. The molecule has 2 rings (SSSR count). The van der Waals surface area contributed by atoms with Gasteiger partial charge in [-0.2, -0.15) is 8.78 Å². The minimum absolute atomic E-state index is 0.0531. The van der Waals surface area contributed by atoms with Crippen molar-refractivity contribution in [1.29, 1.82) is 0 Å². The van der Waals surface area contributed by atoms with Gasteiger partial charge in [-0.3, -0.25) is 4.79 Å². The number of sulfone groups is 1. The zero-order valence-electron chi connectivity index (χ0n) is 14.2. The summed E-state index contributed by atoms with van der Waals surface area (Å²) in [6.07, 6.45) is -1.28. The molecule has 0 radical (unpaired) electrons. The normalized spacial score (nSPS) is 12.5. The Morgan fingerprint density at radius 2 is 1.71 bits per heavy atom. The quantitative estimate of drug-likeness (QED) is 0.699. The Labute approximate surface area is 163 Å². The topological polar surface area (TPSA) is 89.5 Å². The molecule has 0 aliphatic heterocycles. The monoisotopic (exact) mass is 435 g/mol. The van der Waals surface area contributed by atoms with E-state index in [4.69, 9.17) is 16.3 Å². The van der Waals surface area contributed by atoms with Gasteiger partial charge in [0, 0.05) is 0 Å². The van der Waals surface area contributed by atoms with Crippen LogP contribution in [0.4, 0.5) is 18.9 Å². The molecule has 150 valence electrons. The van der Waals surface area contributed by atoms with Crippen molar-refractivity contribution in [2.45, 2.75) is 23.7 Å². The highest BCUT2D eigenvalue weighted by Crippen LogP contribution is 2.23. The van der Waals surface area contributed by atoms with E-state index in [9.17, 15) is 31.2 Å². The number of nitrogens with one attached hydrogen (secondary N) is 1. The van der Waals surface area contributed by atoms with Gasteiger partial charge in [0.05, 0.1) is 21.2 Å². The van der Waals surface area contributed by atoms with Crippen LogP contribution in [0.25, 0.3) is 0 Å². The van der Waals surface area contributed by atoms with E-state index in [1.54, 1.807) is 0 Å². The molecule has 0 aromatic heterocycles. The molecule has 0 saturated heterocycles. The number of esters is 1. The Kier molecular flexibility index (Phi) is 6.68. The van der Waals surface area contributed by atoms with Gasteiger partial charge in [-0.05, 0) is 49.4 Å². The van der Waals surface area contributed by atoms with E-state index in [0.717, 1.165) is 36.4 Å². The summed E-state index contributed by atoms with van der Waals surface area (Å²) in [6, 6.07) is 6.93. The van der Waals surface area contributed by atoms with E-state index in [2.05, 4.69) is 5.32 Å². The summed E-state index contributed by atoms with van der Waals surface area (Å²) in [7, 11) is -4.79. The van der Waals surface area contributed by atoms with E-state index in [1.807, 2.05) is 0 Å². The van der Waals surface area contributed by atoms with Gasteiger partial charge in [-0.1, -0.05) is 11.6 Å². The molecule has 0 aliphatic carbocycles. The smallest absolute Gasteiger partial charge is 0.341 e. The van der Waals surface area contributed by atoms with Crippen molar-refractivity contribution in [1.82, 2.24) is 0 Å². The zero-order chi connectivity index (χ0) is 21.1. The van der Waals surface area contributed by atoms with Crippen LogP contribution >= 0.6 is 11.6 Å². The molecule has 0 spiro atoms. The summed E-state index contributed by atoms with van der Waals surface area (Å²) >= 11 is 5.79. The average molecular weight is 436 g/mol. The average Bonchev–Trinajstić information content (AvgIpc) is 2.63. The molecule has 1 amide bonds. The molecule has 28 heavy (non-hydrogen) atoms. The van der Waals surface area contributed by atoms with E-state index in [1.165, 1.54) is 13.0 Å². The lowest BCUT2D eigenvalue weighted by atomic mass is 10.2. The lowest BCUT2D eigenvalue weighted by Gasteiger charge is -2.14. The lowest BCUT2D eigenvalue weighted by molar-refractivity contribution is -0.123. The van der Waals surface area contributed by atoms with Crippen LogP contribution in [0, 0.1) is 5.82 Å². The first kappa shape index (κ1) is 21.7. The third-order valence-corrected chi connectivity index (χ3v) is 5.21. The van der Waals surface area contributed by atoms with Crippen molar-refractivity contribution in [2.75, 3.05) is 5.32 Å². The number of carbonyl (C=O) groups excluding carboxylic acids is 2. The van der Waals surface area contributed by atoms with E-state index >= 15 is 0 Å². The second-order valence-electron chi connectivity index (χ2n) is 5.49. The van der Waals surface area contributed by atoms with Crippen molar-refractivity contribution in [3.05, 3.63) is 58.9 Å². The Bertz CT molecular complexity index is 996. The third-order valence-electron chi connectivity index (χ3n) is 3.50. The van der Waals surface area contributed by atoms with Crippen LogP contribution in [-0.2, 0) is 19.4 Å². The van der Waals surface area contributed by atoms with Crippen molar-refractivity contribution >= 4 is 39.0 Å². The van der Waals surface area contributed by atoms with Crippen molar-refractivity contribution in [2.24, 2.45) is 0 Å². The minimum Gasteiger partial charge on any atom is -0.449 e. The SMILES string of the molecule is C[C@@H](OC(=O)c1ccc(S(=O)(=O)C(F)F)cc1)C(=O)Nc1ccc(F)cc1Cl. The molecule has 0 saturated carbocycles. The largest absolute Gasteiger partial charge is 0.449 e.